The van der Waals surface area contributed by atoms with Crippen molar-refractivity contribution in [1.29, 1.82) is 0 Å². The highest BCUT2D eigenvalue weighted by molar-refractivity contribution is 7.14. The Bertz CT molecular complexity index is 764. The standard InChI is InChI=1S/C16H15NO4S/c18-12-7-9(5-6-10(12)16(20)21)17-8-14-15(19)11-3-1-2-4-13(11)22-14/h5-8,18-19H,1-4H2,(H,20,21). The van der Waals surface area contributed by atoms with E-state index in [1.54, 1.807) is 6.21 Å². The van der Waals surface area contributed by atoms with Crippen molar-refractivity contribution in [2.24, 2.45) is 4.99 Å². The predicted octanol–water partition coefficient (Wildman–Crippen LogP) is 3.49. The van der Waals surface area contributed by atoms with Crippen molar-refractivity contribution in [2.45, 2.75) is 25.7 Å². The van der Waals surface area contributed by atoms with Gasteiger partial charge in [-0.25, -0.2) is 4.79 Å². The summed E-state index contributed by atoms with van der Waals surface area (Å²) in [7, 11) is 0. The number of carbonyl (C=O) groups is 1. The van der Waals surface area contributed by atoms with E-state index < -0.39 is 5.97 Å². The van der Waals surface area contributed by atoms with Crippen molar-refractivity contribution in [3.63, 3.8) is 0 Å². The van der Waals surface area contributed by atoms with Gasteiger partial charge in [0, 0.05) is 22.7 Å². The van der Waals surface area contributed by atoms with Gasteiger partial charge >= 0.3 is 5.97 Å². The molecule has 0 aliphatic heterocycles. The summed E-state index contributed by atoms with van der Waals surface area (Å²) in [5.41, 5.74) is 1.31. The zero-order valence-electron chi connectivity index (χ0n) is 11.7. The summed E-state index contributed by atoms with van der Waals surface area (Å²) in [6.45, 7) is 0. The summed E-state index contributed by atoms with van der Waals surface area (Å²) in [5.74, 6) is -1.21. The number of aromatic hydroxyl groups is 2. The minimum absolute atomic E-state index is 0.159. The average Bonchev–Trinajstić information content (AvgIpc) is 2.82. The normalized spacial score (nSPS) is 14.2. The Kier molecular flexibility index (Phi) is 3.85. The molecule has 1 aliphatic rings. The van der Waals surface area contributed by atoms with Gasteiger partial charge in [0.1, 0.15) is 17.1 Å². The van der Waals surface area contributed by atoms with Crippen LogP contribution in [0.4, 0.5) is 5.69 Å². The fourth-order valence-corrected chi connectivity index (χ4v) is 3.73. The zero-order chi connectivity index (χ0) is 15.7. The molecule has 1 aromatic carbocycles. The van der Waals surface area contributed by atoms with Crippen molar-refractivity contribution >= 4 is 29.2 Å². The van der Waals surface area contributed by atoms with E-state index in [0.717, 1.165) is 31.2 Å². The Labute approximate surface area is 131 Å². The van der Waals surface area contributed by atoms with Gasteiger partial charge in [0.05, 0.1) is 10.6 Å². The Morgan fingerprint density at radius 1 is 1.23 bits per heavy atom. The van der Waals surface area contributed by atoms with Gasteiger partial charge in [0.25, 0.3) is 0 Å². The lowest BCUT2D eigenvalue weighted by atomic mass is 9.98. The van der Waals surface area contributed by atoms with Crippen LogP contribution in [-0.4, -0.2) is 27.5 Å². The number of aliphatic imine (C=N–C) groups is 1. The molecule has 0 atom stereocenters. The number of phenols is 1. The molecule has 0 radical (unpaired) electrons. The van der Waals surface area contributed by atoms with Crippen LogP contribution < -0.4 is 0 Å². The van der Waals surface area contributed by atoms with Gasteiger partial charge in [-0.2, -0.15) is 0 Å². The summed E-state index contributed by atoms with van der Waals surface area (Å²) in [5, 5.41) is 28.7. The van der Waals surface area contributed by atoms with Gasteiger partial charge in [-0.1, -0.05) is 0 Å². The van der Waals surface area contributed by atoms with E-state index in [1.807, 2.05) is 0 Å². The lowest BCUT2D eigenvalue weighted by Gasteiger charge is -2.09. The summed E-state index contributed by atoms with van der Waals surface area (Å²) in [6, 6.07) is 4.12. The van der Waals surface area contributed by atoms with Gasteiger partial charge in [0.15, 0.2) is 0 Å². The maximum Gasteiger partial charge on any atom is 0.339 e. The summed E-state index contributed by atoms with van der Waals surface area (Å²) in [6.07, 6.45) is 5.70. The molecule has 6 heteroatoms. The highest BCUT2D eigenvalue weighted by Gasteiger charge is 2.19. The Morgan fingerprint density at radius 3 is 2.68 bits per heavy atom. The van der Waals surface area contributed by atoms with E-state index in [1.165, 1.54) is 34.4 Å². The van der Waals surface area contributed by atoms with Gasteiger partial charge in [-0.15, -0.1) is 11.3 Å². The number of nitrogens with zero attached hydrogens (tertiary/aromatic N) is 1. The molecule has 1 aromatic heterocycles. The number of thiophene rings is 1. The molecule has 114 valence electrons. The number of aryl methyl sites for hydroxylation is 1. The molecule has 0 spiro atoms. The first kappa shape index (κ1) is 14.6. The fourth-order valence-electron chi connectivity index (χ4n) is 2.57. The van der Waals surface area contributed by atoms with E-state index in [2.05, 4.69) is 4.99 Å². The number of aromatic carboxylic acids is 1. The van der Waals surface area contributed by atoms with Crippen LogP contribution in [0.25, 0.3) is 0 Å². The number of carboxylic acids is 1. The summed E-state index contributed by atoms with van der Waals surface area (Å²) in [4.78, 5) is 17.0. The molecule has 1 heterocycles. The average molecular weight is 317 g/mol. The van der Waals surface area contributed by atoms with Crippen LogP contribution >= 0.6 is 11.3 Å². The highest BCUT2D eigenvalue weighted by Crippen LogP contribution is 2.38. The highest BCUT2D eigenvalue weighted by atomic mass is 32.1. The molecular formula is C16H15NO4S. The fraction of sp³-hybridized carbons (Fsp3) is 0.250. The first-order valence-corrected chi connectivity index (χ1v) is 7.82. The van der Waals surface area contributed by atoms with E-state index >= 15 is 0 Å². The lowest BCUT2D eigenvalue weighted by molar-refractivity contribution is 0.0694. The van der Waals surface area contributed by atoms with Crippen LogP contribution in [0, 0.1) is 0 Å². The third-order valence-corrected chi connectivity index (χ3v) is 4.93. The maximum atomic E-state index is 10.8. The van der Waals surface area contributed by atoms with Crippen LogP contribution in [-0.2, 0) is 12.8 Å². The lowest BCUT2D eigenvalue weighted by Crippen LogP contribution is -1.97. The van der Waals surface area contributed by atoms with Gasteiger partial charge < -0.3 is 15.3 Å². The molecule has 2 aromatic rings. The van der Waals surface area contributed by atoms with Crippen LogP contribution in [0.2, 0.25) is 0 Å². The van der Waals surface area contributed by atoms with E-state index in [4.69, 9.17) is 5.11 Å². The molecule has 22 heavy (non-hydrogen) atoms. The monoisotopic (exact) mass is 317 g/mol. The van der Waals surface area contributed by atoms with Crippen molar-refractivity contribution in [1.82, 2.24) is 0 Å². The second kappa shape index (κ2) is 5.81. The summed E-state index contributed by atoms with van der Waals surface area (Å²) >= 11 is 1.54. The van der Waals surface area contributed by atoms with E-state index in [-0.39, 0.29) is 11.3 Å². The maximum absolute atomic E-state index is 10.8. The Hall–Kier alpha value is -2.34. The SMILES string of the molecule is O=C(O)c1ccc(N=Cc2sc3c(c2O)CCCC3)cc1O. The van der Waals surface area contributed by atoms with Crippen LogP contribution in [0.5, 0.6) is 11.5 Å². The Morgan fingerprint density at radius 2 is 2.00 bits per heavy atom. The third-order valence-electron chi connectivity index (χ3n) is 3.71. The molecule has 3 rings (SSSR count). The number of carboxylic acid groups (broad SMARTS) is 1. The molecule has 1 aliphatic carbocycles. The zero-order valence-corrected chi connectivity index (χ0v) is 12.6. The molecule has 0 saturated heterocycles. The molecule has 0 saturated carbocycles. The largest absolute Gasteiger partial charge is 0.507 e. The molecule has 0 amide bonds. The topological polar surface area (TPSA) is 90.1 Å². The van der Waals surface area contributed by atoms with Gasteiger partial charge in [0.2, 0.25) is 0 Å². The molecule has 5 nitrogen and oxygen atoms in total. The quantitative estimate of drug-likeness (QED) is 0.756. The number of hydrogen-bond donors (Lipinski definition) is 3. The molecule has 3 N–H and O–H groups in total. The number of fused-ring (bicyclic) bond motifs is 1. The molecule has 0 bridgehead atoms. The third kappa shape index (κ3) is 2.69. The van der Waals surface area contributed by atoms with Crippen LogP contribution in [0.15, 0.2) is 23.2 Å². The second-order valence-corrected chi connectivity index (χ2v) is 6.33. The predicted molar refractivity (Wildman–Crippen MR) is 84.9 cm³/mol. The van der Waals surface area contributed by atoms with Crippen molar-refractivity contribution < 1.29 is 20.1 Å². The van der Waals surface area contributed by atoms with Gasteiger partial charge in [-0.05, 0) is 37.8 Å². The van der Waals surface area contributed by atoms with Crippen molar-refractivity contribution in [3.8, 4) is 11.5 Å². The van der Waals surface area contributed by atoms with Crippen molar-refractivity contribution in [3.05, 3.63) is 39.1 Å². The molecular weight excluding hydrogens is 302 g/mol. The van der Waals surface area contributed by atoms with E-state index in [9.17, 15) is 15.0 Å². The smallest absolute Gasteiger partial charge is 0.339 e. The van der Waals surface area contributed by atoms with E-state index in [0.29, 0.717) is 16.3 Å². The Balaban J connectivity index is 1.87. The van der Waals surface area contributed by atoms with Gasteiger partial charge in [-0.3, -0.25) is 4.99 Å². The first-order valence-electron chi connectivity index (χ1n) is 7.00. The number of hydrogen-bond acceptors (Lipinski definition) is 5. The molecule has 0 fully saturated rings. The summed E-state index contributed by atoms with van der Waals surface area (Å²) < 4.78 is 0. The number of benzene rings is 1. The number of rotatable bonds is 3. The minimum atomic E-state index is -1.18. The molecule has 0 unspecified atom stereocenters. The van der Waals surface area contributed by atoms with Crippen LogP contribution in [0.3, 0.4) is 0 Å². The van der Waals surface area contributed by atoms with Crippen LogP contribution in [0.1, 0.15) is 38.5 Å². The first-order chi connectivity index (χ1) is 10.6. The van der Waals surface area contributed by atoms with Crippen molar-refractivity contribution in [2.75, 3.05) is 0 Å². The minimum Gasteiger partial charge on any atom is -0.507 e. The second-order valence-electron chi connectivity index (χ2n) is 5.19.